The van der Waals surface area contributed by atoms with Gasteiger partial charge < -0.3 is 19.5 Å². The molecule has 7 heteroatoms. The number of carbonyl (C=O) groups excluding carboxylic acids is 1. The van der Waals surface area contributed by atoms with Gasteiger partial charge >= 0.3 is 0 Å². The van der Waals surface area contributed by atoms with E-state index in [1.807, 2.05) is 24.3 Å². The van der Waals surface area contributed by atoms with Gasteiger partial charge in [-0.3, -0.25) is 14.7 Å². The highest BCUT2D eigenvalue weighted by Crippen LogP contribution is 2.27. The van der Waals surface area contributed by atoms with Crippen molar-refractivity contribution >= 4 is 12.0 Å². The number of rotatable bonds is 8. The number of hydrogen-bond donors (Lipinski definition) is 1. The number of benzene rings is 1. The van der Waals surface area contributed by atoms with E-state index in [9.17, 15) is 9.90 Å². The molecule has 2 heterocycles. The summed E-state index contributed by atoms with van der Waals surface area (Å²) in [5.74, 6) is 0.760. The number of amides is 1. The Morgan fingerprint density at radius 1 is 1.12 bits per heavy atom. The van der Waals surface area contributed by atoms with Gasteiger partial charge in [-0.2, -0.15) is 0 Å². The fourth-order valence-corrected chi connectivity index (χ4v) is 4.83. The van der Waals surface area contributed by atoms with Gasteiger partial charge in [-0.05, 0) is 48.2 Å². The highest BCUT2D eigenvalue weighted by atomic mass is 16.5. The molecule has 182 valence electrons. The molecule has 1 unspecified atom stereocenters. The first kappa shape index (κ1) is 24.2. The Morgan fingerprint density at radius 2 is 1.91 bits per heavy atom. The molecule has 0 bridgehead atoms. The lowest BCUT2D eigenvalue weighted by Gasteiger charge is -2.35. The second-order valence-electron chi connectivity index (χ2n) is 9.15. The lowest BCUT2D eigenvalue weighted by Crippen LogP contribution is -2.45. The molecule has 2 aromatic rings. The van der Waals surface area contributed by atoms with Gasteiger partial charge in [-0.25, -0.2) is 0 Å². The number of phenols is 1. The normalized spacial score (nSPS) is 20.6. The van der Waals surface area contributed by atoms with Crippen LogP contribution in [0.1, 0.15) is 43.2 Å². The number of ether oxygens (including phenoxy) is 2. The summed E-state index contributed by atoms with van der Waals surface area (Å²) in [6, 6.07) is 9.52. The van der Waals surface area contributed by atoms with Gasteiger partial charge in [0.15, 0.2) is 11.5 Å². The Labute approximate surface area is 202 Å². The minimum atomic E-state index is -0.0521. The number of aromatic hydroxyl groups is 1. The van der Waals surface area contributed by atoms with E-state index in [-0.39, 0.29) is 17.8 Å². The summed E-state index contributed by atoms with van der Waals surface area (Å²) >= 11 is 0. The summed E-state index contributed by atoms with van der Waals surface area (Å²) in [7, 11) is 1.54. The van der Waals surface area contributed by atoms with Gasteiger partial charge in [-0.15, -0.1) is 0 Å². The maximum Gasteiger partial charge on any atom is 0.237 e. The molecule has 1 atom stereocenters. The number of phenolic OH excluding ortho intramolecular Hbond substituents is 1. The van der Waals surface area contributed by atoms with E-state index in [4.69, 9.17) is 9.47 Å². The van der Waals surface area contributed by atoms with Crippen LogP contribution in [0.4, 0.5) is 0 Å². The van der Waals surface area contributed by atoms with Crippen LogP contribution in [0.5, 0.6) is 11.5 Å². The predicted octanol–water partition coefficient (Wildman–Crippen LogP) is 3.87. The van der Waals surface area contributed by atoms with Crippen LogP contribution in [0.2, 0.25) is 0 Å². The van der Waals surface area contributed by atoms with E-state index in [0.29, 0.717) is 44.6 Å². The van der Waals surface area contributed by atoms with E-state index in [0.717, 1.165) is 24.0 Å². The van der Waals surface area contributed by atoms with Crippen LogP contribution < -0.4 is 4.74 Å². The van der Waals surface area contributed by atoms with Crippen molar-refractivity contribution in [1.82, 2.24) is 14.8 Å². The Kier molecular flexibility index (Phi) is 8.55. The quantitative estimate of drug-likeness (QED) is 0.638. The van der Waals surface area contributed by atoms with Crippen molar-refractivity contribution in [2.45, 2.75) is 50.9 Å². The van der Waals surface area contributed by atoms with E-state index in [2.05, 4.69) is 20.9 Å². The lowest BCUT2D eigenvalue weighted by atomic mass is 9.94. The van der Waals surface area contributed by atoms with Gasteiger partial charge in [0, 0.05) is 38.1 Å². The summed E-state index contributed by atoms with van der Waals surface area (Å²) in [4.78, 5) is 21.6. The molecule has 4 rings (SSSR count). The van der Waals surface area contributed by atoms with Crippen molar-refractivity contribution in [1.29, 1.82) is 0 Å². The van der Waals surface area contributed by atoms with Crippen molar-refractivity contribution in [2.75, 3.05) is 33.3 Å². The summed E-state index contributed by atoms with van der Waals surface area (Å²) < 4.78 is 11.5. The van der Waals surface area contributed by atoms with Gasteiger partial charge in [0.05, 0.1) is 26.4 Å². The molecule has 1 saturated carbocycles. The third-order valence-corrected chi connectivity index (χ3v) is 6.67. The number of methoxy groups -OCH3 is 1. The topological polar surface area (TPSA) is 75.1 Å². The molecule has 1 N–H and O–H groups in total. The largest absolute Gasteiger partial charge is 0.504 e. The fourth-order valence-electron chi connectivity index (χ4n) is 4.83. The lowest BCUT2D eigenvalue weighted by molar-refractivity contribution is -0.134. The fraction of sp³-hybridized carbons (Fsp3) is 0.481. The van der Waals surface area contributed by atoms with E-state index in [1.54, 1.807) is 24.5 Å². The standard InChI is InChI=1S/C27H35N3O4/c1-33-26-16-21(9-10-25(26)31)6-5-15-29-17-24(34-20-22-11-13-28-14-12-22)18-30(27(32)19-29)23-7-3-2-4-8-23/h5-6,9-14,16,23-24,31H,2-4,7-8,15,17-20H2,1H3/b6-5+. The maximum atomic E-state index is 13.2. The number of aromatic nitrogens is 1. The minimum absolute atomic E-state index is 0.0521. The molecule has 7 nitrogen and oxygen atoms in total. The van der Waals surface area contributed by atoms with Crippen molar-refractivity contribution in [3.8, 4) is 11.5 Å². The molecule has 1 amide bonds. The minimum Gasteiger partial charge on any atom is -0.504 e. The molecule has 1 aliphatic carbocycles. The Hall–Kier alpha value is -2.90. The Balaban J connectivity index is 1.43. The second-order valence-corrected chi connectivity index (χ2v) is 9.15. The smallest absolute Gasteiger partial charge is 0.237 e. The van der Waals surface area contributed by atoms with Crippen LogP contribution in [0.3, 0.4) is 0 Å². The molecule has 0 radical (unpaired) electrons. The summed E-state index contributed by atoms with van der Waals surface area (Å²) in [6.07, 6.45) is 13.4. The van der Waals surface area contributed by atoms with E-state index in [1.165, 1.54) is 26.4 Å². The number of pyridine rings is 1. The van der Waals surface area contributed by atoms with Crippen LogP contribution in [0.15, 0.2) is 48.8 Å². The van der Waals surface area contributed by atoms with Gasteiger partial charge in [-0.1, -0.05) is 37.5 Å². The molecule has 1 saturated heterocycles. The van der Waals surface area contributed by atoms with Gasteiger partial charge in [0.1, 0.15) is 0 Å². The van der Waals surface area contributed by atoms with E-state index >= 15 is 0 Å². The molecule has 0 spiro atoms. The van der Waals surface area contributed by atoms with Gasteiger partial charge in [0.25, 0.3) is 0 Å². The van der Waals surface area contributed by atoms with Crippen molar-refractivity contribution in [3.63, 3.8) is 0 Å². The average molecular weight is 466 g/mol. The first-order chi connectivity index (χ1) is 16.6. The second kappa shape index (κ2) is 12.0. The van der Waals surface area contributed by atoms with Crippen LogP contribution in [0.25, 0.3) is 6.08 Å². The number of nitrogens with zero attached hydrogens (tertiary/aromatic N) is 3. The number of carbonyl (C=O) groups is 1. The van der Waals surface area contributed by atoms with Crippen molar-refractivity contribution < 1.29 is 19.4 Å². The summed E-state index contributed by atoms with van der Waals surface area (Å²) in [5, 5.41) is 9.80. The molecule has 2 aliphatic rings. The van der Waals surface area contributed by atoms with Crippen LogP contribution in [-0.4, -0.2) is 71.2 Å². The highest BCUT2D eigenvalue weighted by Gasteiger charge is 2.32. The molecule has 1 aromatic heterocycles. The zero-order valence-corrected chi connectivity index (χ0v) is 19.9. The Morgan fingerprint density at radius 3 is 2.68 bits per heavy atom. The molecular weight excluding hydrogens is 430 g/mol. The average Bonchev–Trinajstić information content (AvgIpc) is 3.03. The first-order valence-electron chi connectivity index (χ1n) is 12.2. The van der Waals surface area contributed by atoms with E-state index < -0.39 is 0 Å². The van der Waals surface area contributed by atoms with Crippen molar-refractivity contribution in [2.24, 2.45) is 0 Å². The van der Waals surface area contributed by atoms with Crippen LogP contribution >= 0.6 is 0 Å². The summed E-state index contributed by atoms with van der Waals surface area (Å²) in [5.41, 5.74) is 2.02. The number of hydrogen-bond acceptors (Lipinski definition) is 6. The molecule has 1 aliphatic heterocycles. The van der Waals surface area contributed by atoms with Crippen molar-refractivity contribution in [3.05, 3.63) is 59.9 Å². The zero-order chi connectivity index (χ0) is 23.8. The zero-order valence-electron chi connectivity index (χ0n) is 19.9. The maximum absolute atomic E-state index is 13.2. The van der Waals surface area contributed by atoms with Crippen LogP contribution in [0, 0.1) is 0 Å². The monoisotopic (exact) mass is 465 g/mol. The first-order valence-corrected chi connectivity index (χ1v) is 12.2. The highest BCUT2D eigenvalue weighted by molar-refractivity contribution is 5.79. The summed E-state index contributed by atoms with van der Waals surface area (Å²) in [6.45, 7) is 2.89. The third-order valence-electron chi connectivity index (χ3n) is 6.67. The molecule has 34 heavy (non-hydrogen) atoms. The van der Waals surface area contributed by atoms with Crippen LogP contribution in [-0.2, 0) is 16.1 Å². The third kappa shape index (κ3) is 6.58. The molecule has 1 aromatic carbocycles. The molecular formula is C27H35N3O4. The van der Waals surface area contributed by atoms with Gasteiger partial charge in [0.2, 0.25) is 5.91 Å². The SMILES string of the molecule is COc1cc(/C=C/CN2CC(=O)N(C3CCCCC3)CC(OCc3ccncc3)C2)ccc1O. The molecule has 2 fully saturated rings. The predicted molar refractivity (Wildman–Crippen MR) is 132 cm³/mol. The Bertz CT molecular complexity index is 960.